The van der Waals surface area contributed by atoms with Crippen LogP contribution < -0.4 is 11.3 Å². The second-order valence-corrected chi connectivity index (χ2v) is 5.32. The van der Waals surface area contributed by atoms with E-state index in [4.69, 9.17) is 5.84 Å². The van der Waals surface area contributed by atoms with Crippen molar-refractivity contribution in [3.8, 4) is 0 Å². The molecule has 1 unspecified atom stereocenters. The second kappa shape index (κ2) is 6.16. The summed E-state index contributed by atoms with van der Waals surface area (Å²) in [6.45, 7) is 8.56. The minimum atomic E-state index is 0.00671. The van der Waals surface area contributed by atoms with Gasteiger partial charge in [-0.2, -0.15) is 0 Å². The van der Waals surface area contributed by atoms with Gasteiger partial charge in [-0.15, -0.1) is 0 Å². The maximum absolute atomic E-state index is 5.85. The van der Waals surface area contributed by atoms with E-state index in [2.05, 4.69) is 56.3 Å². The predicted octanol–water partition coefficient (Wildman–Crippen LogP) is 3.12. The summed E-state index contributed by atoms with van der Waals surface area (Å²) in [7, 11) is 0. The molecule has 1 aromatic carbocycles. The van der Waals surface area contributed by atoms with Crippen LogP contribution in [-0.4, -0.2) is 4.98 Å². The van der Waals surface area contributed by atoms with E-state index in [1.807, 2.05) is 12.4 Å². The van der Waals surface area contributed by atoms with Gasteiger partial charge in [-0.25, -0.2) is 5.43 Å². The Morgan fingerprint density at radius 1 is 1.10 bits per heavy atom. The molecule has 0 saturated carbocycles. The lowest BCUT2D eigenvalue weighted by Gasteiger charge is -2.22. The van der Waals surface area contributed by atoms with Gasteiger partial charge in [0.05, 0.1) is 6.04 Å². The lowest BCUT2D eigenvalue weighted by atomic mass is 9.90. The largest absolute Gasteiger partial charge is 0.271 e. The number of pyridine rings is 1. The Balaban J connectivity index is 2.55. The summed E-state index contributed by atoms with van der Waals surface area (Å²) >= 11 is 0. The minimum absolute atomic E-state index is 0.00671. The second-order valence-electron chi connectivity index (χ2n) is 5.32. The first-order valence-corrected chi connectivity index (χ1v) is 7.05. The van der Waals surface area contributed by atoms with Crippen molar-refractivity contribution < 1.29 is 0 Å². The smallest absolute Gasteiger partial charge is 0.0716 e. The van der Waals surface area contributed by atoms with Crippen LogP contribution in [0, 0.1) is 20.8 Å². The SMILES string of the molecule is CCc1cnccc1C(NN)c1cc(C)c(C)cc1C. The number of hydrazine groups is 1. The molecule has 3 nitrogen and oxygen atoms in total. The van der Waals surface area contributed by atoms with Gasteiger partial charge >= 0.3 is 0 Å². The highest BCUT2D eigenvalue weighted by molar-refractivity contribution is 5.43. The normalized spacial score (nSPS) is 12.4. The number of hydrogen-bond acceptors (Lipinski definition) is 3. The molecule has 106 valence electrons. The van der Waals surface area contributed by atoms with Gasteiger partial charge in [0.25, 0.3) is 0 Å². The van der Waals surface area contributed by atoms with Crippen molar-refractivity contribution in [2.45, 2.75) is 40.2 Å². The number of aromatic nitrogens is 1. The Bertz CT molecular complexity index is 605. The number of aryl methyl sites for hydroxylation is 4. The monoisotopic (exact) mass is 269 g/mol. The first-order valence-electron chi connectivity index (χ1n) is 7.05. The molecule has 1 heterocycles. The molecule has 3 N–H and O–H groups in total. The van der Waals surface area contributed by atoms with Gasteiger partial charge in [-0.3, -0.25) is 10.8 Å². The molecule has 0 radical (unpaired) electrons. The topological polar surface area (TPSA) is 50.9 Å². The van der Waals surface area contributed by atoms with Gasteiger partial charge in [0.1, 0.15) is 0 Å². The first-order chi connectivity index (χ1) is 9.58. The first kappa shape index (κ1) is 14.7. The van der Waals surface area contributed by atoms with E-state index in [1.165, 1.54) is 33.4 Å². The third kappa shape index (κ3) is 2.74. The molecule has 20 heavy (non-hydrogen) atoms. The van der Waals surface area contributed by atoms with E-state index in [9.17, 15) is 0 Å². The highest BCUT2D eigenvalue weighted by atomic mass is 15.2. The van der Waals surface area contributed by atoms with E-state index >= 15 is 0 Å². The molecule has 0 spiro atoms. The fraction of sp³-hybridized carbons (Fsp3) is 0.353. The third-order valence-corrected chi connectivity index (χ3v) is 3.99. The summed E-state index contributed by atoms with van der Waals surface area (Å²) in [4.78, 5) is 4.21. The Kier molecular flexibility index (Phi) is 4.53. The van der Waals surface area contributed by atoms with E-state index in [-0.39, 0.29) is 6.04 Å². The molecule has 3 heteroatoms. The molecule has 0 aliphatic rings. The molecule has 2 aromatic rings. The molecule has 0 aliphatic carbocycles. The van der Waals surface area contributed by atoms with Gasteiger partial charge in [-0.05, 0) is 66.6 Å². The highest BCUT2D eigenvalue weighted by Gasteiger charge is 2.18. The third-order valence-electron chi connectivity index (χ3n) is 3.99. The molecule has 1 aromatic heterocycles. The van der Waals surface area contributed by atoms with Crippen LogP contribution in [-0.2, 0) is 6.42 Å². The van der Waals surface area contributed by atoms with Crippen LogP contribution in [0.5, 0.6) is 0 Å². The molecule has 0 amide bonds. The van der Waals surface area contributed by atoms with Crippen LogP contribution in [0.2, 0.25) is 0 Å². The van der Waals surface area contributed by atoms with Crippen LogP contribution in [0.15, 0.2) is 30.6 Å². The molecular formula is C17H23N3. The lowest BCUT2D eigenvalue weighted by molar-refractivity contribution is 0.626. The molecule has 0 aliphatic heterocycles. The van der Waals surface area contributed by atoms with Crippen LogP contribution in [0.1, 0.15) is 46.3 Å². The predicted molar refractivity (Wildman–Crippen MR) is 83.4 cm³/mol. The molecule has 0 bridgehead atoms. The molecule has 2 rings (SSSR count). The van der Waals surface area contributed by atoms with Crippen molar-refractivity contribution in [3.63, 3.8) is 0 Å². The quantitative estimate of drug-likeness (QED) is 0.662. The van der Waals surface area contributed by atoms with Crippen molar-refractivity contribution in [3.05, 3.63) is 64.0 Å². The van der Waals surface area contributed by atoms with Crippen molar-refractivity contribution in [2.24, 2.45) is 5.84 Å². The van der Waals surface area contributed by atoms with Crippen LogP contribution in [0.25, 0.3) is 0 Å². The maximum atomic E-state index is 5.85. The standard InChI is InChI=1S/C17H23N3/c1-5-14-10-19-7-6-15(14)17(20-18)16-9-12(3)11(2)8-13(16)4/h6-10,17,20H,5,18H2,1-4H3. The van der Waals surface area contributed by atoms with Gasteiger partial charge in [0.2, 0.25) is 0 Å². The van der Waals surface area contributed by atoms with Crippen molar-refractivity contribution in [1.82, 2.24) is 10.4 Å². The van der Waals surface area contributed by atoms with Crippen molar-refractivity contribution in [2.75, 3.05) is 0 Å². The Morgan fingerprint density at radius 3 is 2.45 bits per heavy atom. The number of hydrogen-bond donors (Lipinski definition) is 2. The fourth-order valence-electron chi connectivity index (χ4n) is 2.66. The van der Waals surface area contributed by atoms with Crippen LogP contribution in [0.4, 0.5) is 0 Å². The number of nitrogens with zero attached hydrogens (tertiary/aromatic N) is 1. The lowest BCUT2D eigenvalue weighted by Crippen LogP contribution is -2.30. The van der Waals surface area contributed by atoms with Gasteiger partial charge in [0.15, 0.2) is 0 Å². The molecule has 0 saturated heterocycles. The van der Waals surface area contributed by atoms with E-state index in [0.717, 1.165) is 6.42 Å². The summed E-state index contributed by atoms with van der Waals surface area (Å²) in [5, 5.41) is 0. The Morgan fingerprint density at radius 2 is 1.80 bits per heavy atom. The average molecular weight is 269 g/mol. The zero-order chi connectivity index (χ0) is 14.7. The summed E-state index contributed by atoms with van der Waals surface area (Å²) in [5.41, 5.74) is 10.5. The zero-order valence-electron chi connectivity index (χ0n) is 12.7. The maximum Gasteiger partial charge on any atom is 0.0716 e. The Hall–Kier alpha value is -1.71. The molecule has 0 fully saturated rings. The van der Waals surface area contributed by atoms with Crippen molar-refractivity contribution >= 4 is 0 Å². The zero-order valence-corrected chi connectivity index (χ0v) is 12.7. The number of nitrogens with one attached hydrogen (secondary N) is 1. The summed E-state index contributed by atoms with van der Waals surface area (Å²) in [5.74, 6) is 5.85. The minimum Gasteiger partial charge on any atom is -0.271 e. The van der Waals surface area contributed by atoms with Gasteiger partial charge < -0.3 is 0 Å². The van der Waals surface area contributed by atoms with Gasteiger partial charge in [-0.1, -0.05) is 19.1 Å². The average Bonchev–Trinajstić information content (AvgIpc) is 2.45. The highest BCUT2D eigenvalue weighted by Crippen LogP contribution is 2.28. The number of rotatable bonds is 4. The van der Waals surface area contributed by atoms with E-state index < -0.39 is 0 Å². The van der Waals surface area contributed by atoms with Crippen LogP contribution >= 0.6 is 0 Å². The number of benzene rings is 1. The number of nitrogens with two attached hydrogens (primary N) is 1. The Labute approximate surface area is 121 Å². The van der Waals surface area contributed by atoms with E-state index in [1.54, 1.807) is 0 Å². The summed E-state index contributed by atoms with van der Waals surface area (Å²) in [6.07, 6.45) is 4.70. The summed E-state index contributed by atoms with van der Waals surface area (Å²) in [6, 6.07) is 6.52. The summed E-state index contributed by atoms with van der Waals surface area (Å²) < 4.78 is 0. The molecule has 1 atom stereocenters. The van der Waals surface area contributed by atoms with Crippen LogP contribution in [0.3, 0.4) is 0 Å². The molecular weight excluding hydrogens is 246 g/mol. The van der Waals surface area contributed by atoms with E-state index in [0.29, 0.717) is 0 Å². The fourth-order valence-corrected chi connectivity index (χ4v) is 2.66. The van der Waals surface area contributed by atoms with Crippen molar-refractivity contribution in [1.29, 1.82) is 0 Å². The van der Waals surface area contributed by atoms with Gasteiger partial charge in [0, 0.05) is 12.4 Å².